The summed E-state index contributed by atoms with van der Waals surface area (Å²) in [7, 11) is 0. The number of benzene rings is 1. The van der Waals surface area contributed by atoms with Crippen LogP contribution in [0, 0.1) is 15.9 Å². The lowest BCUT2D eigenvalue weighted by Crippen LogP contribution is -2.14. The molecule has 0 aliphatic carbocycles. The van der Waals surface area contributed by atoms with Gasteiger partial charge in [0.25, 0.3) is 0 Å². The smallest absolute Gasteiger partial charge is 0.395 e. The molecule has 0 saturated heterocycles. The summed E-state index contributed by atoms with van der Waals surface area (Å²) in [6, 6.07) is 4.29. The highest BCUT2D eigenvalue weighted by Crippen LogP contribution is 2.21. The molecule has 0 atom stereocenters. The summed E-state index contributed by atoms with van der Waals surface area (Å²) in [6.07, 6.45) is 0.975. The number of hydrogen-bond donors (Lipinski definition) is 1. The maximum atomic E-state index is 13.6. The molecule has 0 spiro atoms. The summed E-state index contributed by atoms with van der Waals surface area (Å²) in [4.78, 5) is 26.8. The Morgan fingerprint density at radius 1 is 1.50 bits per heavy atom. The molecule has 0 radical (unpaired) electrons. The van der Waals surface area contributed by atoms with Crippen molar-refractivity contribution < 1.29 is 14.1 Å². The minimum absolute atomic E-state index is 0.185. The van der Waals surface area contributed by atoms with Gasteiger partial charge in [-0.05, 0) is 12.1 Å². The number of hydrogen-bond acceptors (Lipinski definition) is 5. The van der Waals surface area contributed by atoms with E-state index in [1.165, 1.54) is 12.1 Å². The number of aromatic nitrogens is 2. The van der Waals surface area contributed by atoms with Gasteiger partial charge >= 0.3 is 17.1 Å². The Bertz CT molecular complexity index is 719. The van der Waals surface area contributed by atoms with Crippen LogP contribution in [0.15, 0.2) is 33.8 Å². The van der Waals surface area contributed by atoms with Crippen LogP contribution in [0.25, 0.3) is 0 Å². The van der Waals surface area contributed by atoms with Crippen molar-refractivity contribution in [3.63, 3.8) is 0 Å². The fraction of sp³-hybridized carbons (Fsp3) is 0.0909. The van der Waals surface area contributed by atoms with Gasteiger partial charge in [-0.25, -0.2) is 4.39 Å². The number of halogens is 2. The molecular formula is C11H7BrFN3O4. The molecule has 0 unspecified atom stereocenters. The molecular weight excluding hydrogens is 337 g/mol. The monoisotopic (exact) mass is 343 g/mol. The van der Waals surface area contributed by atoms with E-state index in [0.29, 0.717) is 4.47 Å². The predicted molar refractivity (Wildman–Crippen MR) is 69.9 cm³/mol. The zero-order valence-corrected chi connectivity index (χ0v) is 11.4. The van der Waals surface area contributed by atoms with Gasteiger partial charge in [-0.2, -0.15) is 4.98 Å². The van der Waals surface area contributed by atoms with Crippen molar-refractivity contribution in [2.75, 3.05) is 0 Å². The van der Waals surface area contributed by atoms with Crippen molar-refractivity contribution in [1.29, 1.82) is 0 Å². The second-order valence-electron chi connectivity index (χ2n) is 3.67. The van der Waals surface area contributed by atoms with E-state index in [9.17, 15) is 19.3 Å². The van der Waals surface area contributed by atoms with E-state index in [-0.39, 0.29) is 12.2 Å². The van der Waals surface area contributed by atoms with Crippen molar-refractivity contribution in [3.8, 4) is 5.88 Å². The predicted octanol–water partition coefficient (Wildman–Crippen LogP) is 2.16. The molecule has 1 aromatic heterocycles. The van der Waals surface area contributed by atoms with E-state index in [2.05, 4.69) is 25.9 Å². The third-order valence-electron chi connectivity index (χ3n) is 2.36. The van der Waals surface area contributed by atoms with Crippen molar-refractivity contribution in [2.24, 2.45) is 0 Å². The number of nitrogens with one attached hydrogen (secondary N) is 1. The van der Waals surface area contributed by atoms with E-state index in [1.807, 2.05) is 0 Å². The van der Waals surface area contributed by atoms with E-state index < -0.39 is 27.9 Å². The highest BCUT2D eigenvalue weighted by molar-refractivity contribution is 9.10. The van der Waals surface area contributed by atoms with Crippen LogP contribution in [0.4, 0.5) is 10.1 Å². The second-order valence-corrected chi connectivity index (χ2v) is 4.58. The Hall–Kier alpha value is -2.29. The number of aromatic amines is 1. The van der Waals surface area contributed by atoms with Crippen LogP contribution in [0.2, 0.25) is 0 Å². The molecule has 20 heavy (non-hydrogen) atoms. The molecule has 0 aliphatic rings. The Morgan fingerprint density at radius 3 is 2.90 bits per heavy atom. The minimum atomic E-state index is -0.934. The highest BCUT2D eigenvalue weighted by atomic mass is 79.9. The number of H-pyrrole nitrogens is 1. The molecule has 9 heteroatoms. The van der Waals surface area contributed by atoms with E-state index in [0.717, 1.165) is 6.33 Å². The fourth-order valence-corrected chi connectivity index (χ4v) is 1.76. The van der Waals surface area contributed by atoms with Crippen LogP contribution >= 0.6 is 15.9 Å². The summed E-state index contributed by atoms with van der Waals surface area (Å²) < 4.78 is 19.2. The lowest BCUT2D eigenvalue weighted by atomic mass is 10.2. The second kappa shape index (κ2) is 5.78. The van der Waals surface area contributed by atoms with Gasteiger partial charge < -0.3 is 9.72 Å². The highest BCUT2D eigenvalue weighted by Gasteiger charge is 2.22. The average Bonchev–Trinajstić information content (AvgIpc) is 2.37. The van der Waals surface area contributed by atoms with Gasteiger partial charge in [-0.15, -0.1) is 0 Å². The van der Waals surface area contributed by atoms with E-state index >= 15 is 0 Å². The van der Waals surface area contributed by atoms with Crippen LogP contribution in [0.5, 0.6) is 5.88 Å². The lowest BCUT2D eigenvalue weighted by molar-refractivity contribution is -0.387. The SMILES string of the molecule is O=c1[nH]cnc(OCc2ccc(Br)cc2F)c1[N+](=O)[O-]. The standard InChI is InChI=1S/C11H7BrFN3O4/c12-7-2-1-6(8(13)3-7)4-20-11-9(16(18)19)10(17)14-5-15-11/h1-3,5H,4H2,(H,14,15,17). The first-order valence-electron chi connectivity index (χ1n) is 5.28. The van der Waals surface area contributed by atoms with Gasteiger partial charge in [0.05, 0.1) is 11.3 Å². The summed E-state index contributed by atoms with van der Waals surface area (Å²) >= 11 is 3.10. The molecule has 7 nitrogen and oxygen atoms in total. The largest absolute Gasteiger partial charge is 0.468 e. The van der Waals surface area contributed by atoms with Crippen molar-refractivity contribution in [1.82, 2.24) is 9.97 Å². The van der Waals surface area contributed by atoms with Gasteiger partial charge in [-0.3, -0.25) is 14.9 Å². The first kappa shape index (κ1) is 14.1. The van der Waals surface area contributed by atoms with E-state index in [4.69, 9.17) is 4.74 Å². The molecule has 1 N–H and O–H groups in total. The first-order valence-corrected chi connectivity index (χ1v) is 6.07. The number of nitrogens with zero attached hydrogens (tertiary/aromatic N) is 2. The number of nitro groups is 1. The Morgan fingerprint density at radius 2 is 2.25 bits per heavy atom. The van der Waals surface area contributed by atoms with Crippen LogP contribution in [-0.4, -0.2) is 14.9 Å². The third kappa shape index (κ3) is 2.99. The molecule has 0 amide bonds. The maximum absolute atomic E-state index is 13.6. The summed E-state index contributed by atoms with van der Waals surface area (Å²) in [6.45, 7) is -0.281. The molecule has 0 aliphatic heterocycles. The van der Waals surface area contributed by atoms with Gasteiger partial charge in [-0.1, -0.05) is 22.0 Å². The minimum Gasteiger partial charge on any atom is -0.468 e. The Balaban J connectivity index is 2.25. The topological polar surface area (TPSA) is 98.1 Å². The van der Waals surface area contributed by atoms with Gasteiger partial charge in [0, 0.05) is 10.0 Å². The van der Waals surface area contributed by atoms with Crippen LogP contribution in [0.1, 0.15) is 5.56 Å². The van der Waals surface area contributed by atoms with Crippen molar-refractivity contribution >= 4 is 21.6 Å². The lowest BCUT2D eigenvalue weighted by Gasteiger charge is -2.06. The van der Waals surface area contributed by atoms with Gasteiger partial charge in [0.15, 0.2) is 0 Å². The Kier molecular flexibility index (Phi) is 4.08. The average molecular weight is 344 g/mol. The fourth-order valence-electron chi connectivity index (χ4n) is 1.43. The molecule has 0 saturated carbocycles. The summed E-state index contributed by atoms with van der Waals surface area (Å²) in [5, 5.41) is 10.8. The van der Waals surface area contributed by atoms with Crippen LogP contribution in [-0.2, 0) is 6.61 Å². The van der Waals surface area contributed by atoms with Crippen LogP contribution in [0.3, 0.4) is 0 Å². The zero-order chi connectivity index (χ0) is 14.7. The van der Waals surface area contributed by atoms with Gasteiger partial charge in [0.2, 0.25) is 0 Å². The quantitative estimate of drug-likeness (QED) is 0.677. The molecule has 1 aromatic carbocycles. The molecule has 2 rings (SSSR count). The van der Waals surface area contributed by atoms with E-state index in [1.54, 1.807) is 6.07 Å². The number of ether oxygens (including phenoxy) is 1. The summed E-state index contributed by atoms with van der Waals surface area (Å²) in [5.41, 5.74) is -1.56. The Labute approximate surface area is 119 Å². The van der Waals surface area contributed by atoms with Crippen LogP contribution < -0.4 is 10.3 Å². The molecule has 2 aromatic rings. The third-order valence-corrected chi connectivity index (χ3v) is 2.85. The van der Waals surface area contributed by atoms with Crippen molar-refractivity contribution in [3.05, 3.63) is 60.8 Å². The molecule has 0 fully saturated rings. The number of rotatable bonds is 4. The maximum Gasteiger partial charge on any atom is 0.395 e. The first-order chi connectivity index (χ1) is 9.49. The van der Waals surface area contributed by atoms with Gasteiger partial charge in [0.1, 0.15) is 12.4 Å². The summed E-state index contributed by atoms with van der Waals surface area (Å²) in [5.74, 6) is -0.993. The molecule has 0 bridgehead atoms. The zero-order valence-electron chi connectivity index (χ0n) is 9.80. The normalized spacial score (nSPS) is 10.3. The van der Waals surface area contributed by atoms with Crippen molar-refractivity contribution in [2.45, 2.75) is 6.61 Å². The molecule has 1 heterocycles. The molecule has 104 valence electrons.